The third-order valence-corrected chi connectivity index (χ3v) is 8.41. The van der Waals surface area contributed by atoms with Gasteiger partial charge in [0.05, 0.1) is 18.7 Å². The van der Waals surface area contributed by atoms with E-state index in [9.17, 15) is 8.42 Å². The highest BCUT2D eigenvalue weighted by Gasteiger charge is 2.22. The molecule has 1 aromatic rings. The number of hydrogen-bond donors (Lipinski definition) is 0. The van der Waals surface area contributed by atoms with Crippen LogP contribution in [0.3, 0.4) is 0 Å². The molecule has 0 radical (unpaired) electrons. The number of halogens is 1. The molecule has 0 aliphatic heterocycles. The summed E-state index contributed by atoms with van der Waals surface area (Å²) in [6.07, 6.45) is 3.49. The van der Waals surface area contributed by atoms with Crippen molar-refractivity contribution < 1.29 is 8.42 Å². The maximum absolute atomic E-state index is 12.1. The van der Waals surface area contributed by atoms with Gasteiger partial charge in [0.15, 0.2) is 9.84 Å². The standard InChI is InChI=1S/C14H21ClO2SSi/c1-12-7-9-13(10-8-12)18(16,17)11-5-6-14(15)19(2,3)4/h5-10,14H,11H2,1-4H3/b6-5+. The smallest absolute Gasteiger partial charge is 0.181 e. The average Bonchev–Trinajstić information content (AvgIpc) is 2.28. The van der Waals surface area contributed by atoms with Crippen molar-refractivity contribution in [1.29, 1.82) is 0 Å². The molecule has 1 rings (SSSR count). The van der Waals surface area contributed by atoms with E-state index in [2.05, 4.69) is 19.6 Å². The SMILES string of the molecule is Cc1ccc(S(=O)(=O)C/C=C/C(Cl)[Si](C)(C)C)cc1. The molecule has 0 aliphatic rings. The van der Waals surface area contributed by atoms with Gasteiger partial charge in [0, 0.05) is 5.00 Å². The molecule has 5 heteroatoms. The van der Waals surface area contributed by atoms with E-state index in [1.807, 2.05) is 25.1 Å². The van der Waals surface area contributed by atoms with Crippen molar-refractivity contribution in [2.24, 2.45) is 0 Å². The van der Waals surface area contributed by atoms with Crippen molar-refractivity contribution in [1.82, 2.24) is 0 Å². The lowest BCUT2D eigenvalue weighted by Gasteiger charge is -2.19. The molecule has 106 valence electrons. The first-order chi connectivity index (χ1) is 8.63. The number of allylic oxidation sites excluding steroid dienone is 1. The Morgan fingerprint density at radius 3 is 2.21 bits per heavy atom. The Balaban J connectivity index is 2.77. The highest BCUT2D eigenvalue weighted by molar-refractivity contribution is 7.91. The fourth-order valence-corrected chi connectivity index (χ4v) is 3.36. The molecule has 0 spiro atoms. The van der Waals surface area contributed by atoms with Crippen LogP contribution in [0.25, 0.3) is 0 Å². The van der Waals surface area contributed by atoms with Crippen LogP contribution in [-0.4, -0.2) is 27.2 Å². The maximum Gasteiger partial charge on any atom is 0.181 e. The number of rotatable bonds is 5. The Morgan fingerprint density at radius 2 is 1.74 bits per heavy atom. The van der Waals surface area contributed by atoms with E-state index in [-0.39, 0.29) is 10.8 Å². The predicted molar refractivity (Wildman–Crippen MR) is 85.4 cm³/mol. The summed E-state index contributed by atoms with van der Waals surface area (Å²) in [5.74, 6) is 0.00373. The molecule has 0 heterocycles. The van der Waals surface area contributed by atoms with Crippen molar-refractivity contribution in [2.75, 3.05) is 5.75 Å². The van der Waals surface area contributed by atoms with Gasteiger partial charge in [-0.25, -0.2) is 8.42 Å². The van der Waals surface area contributed by atoms with Gasteiger partial charge in [0.1, 0.15) is 0 Å². The lowest BCUT2D eigenvalue weighted by atomic mass is 10.2. The molecule has 2 nitrogen and oxygen atoms in total. The summed E-state index contributed by atoms with van der Waals surface area (Å²) in [4.78, 5) is 0.363. The van der Waals surface area contributed by atoms with Gasteiger partial charge < -0.3 is 0 Å². The summed E-state index contributed by atoms with van der Waals surface area (Å²) in [5, 5.41) is -0.0410. The number of alkyl halides is 1. The van der Waals surface area contributed by atoms with Gasteiger partial charge in [-0.3, -0.25) is 0 Å². The van der Waals surface area contributed by atoms with E-state index < -0.39 is 17.9 Å². The normalized spacial score (nSPS) is 14.8. The fraction of sp³-hybridized carbons (Fsp3) is 0.429. The zero-order chi connectivity index (χ0) is 14.7. The molecule has 0 N–H and O–H groups in total. The van der Waals surface area contributed by atoms with Crippen molar-refractivity contribution in [3.05, 3.63) is 42.0 Å². The maximum atomic E-state index is 12.1. The molecule has 1 atom stereocenters. The molecule has 0 aromatic heterocycles. The summed E-state index contributed by atoms with van der Waals surface area (Å²) in [7, 11) is -4.71. The van der Waals surface area contributed by atoms with Crippen LogP contribution in [0, 0.1) is 6.92 Å². The second-order valence-corrected chi connectivity index (χ2v) is 14.0. The van der Waals surface area contributed by atoms with Crippen LogP contribution in [0.15, 0.2) is 41.3 Å². The number of aryl methyl sites for hydroxylation is 1. The monoisotopic (exact) mass is 316 g/mol. The molecule has 0 aliphatic carbocycles. The van der Waals surface area contributed by atoms with Gasteiger partial charge in [0.25, 0.3) is 0 Å². The lowest BCUT2D eigenvalue weighted by molar-refractivity contribution is 0.599. The van der Waals surface area contributed by atoms with E-state index in [1.54, 1.807) is 18.2 Å². The molecule has 0 fully saturated rings. The minimum Gasteiger partial charge on any atom is -0.223 e. The van der Waals surface area contributed by atoms with Gasteiger partial charge in [-0.05, 0) is 19.1 Å². The zero-order valence-electron chi connectivity index (χ0n) is 11.9. The van der Waals surface area contributed by atoms with E-state index >= 15 is 0 Å². The molecule has 19 heavy (non-hydrogen) atoms. The van der Waals surface area contributed by atoms with Crippen molar-refractivity contribution >= 4 is 29.5 Å². The molecule has 1 aromatic carbocycles. The molecule has 1 unspecified atom stereocenters. The zero-order valence-corrected chi connectivity index (χ0v) is 14.4. The third kappa shape index (κ3) is 5.13. The summed E-state index contributed by atoms with van der Waals surface area (Å²) in [5.41, 5.74) is 1.05. The topological polar surface area (TPSA) is 34.1 Å². The van der Waals surface area contributed by atoms with Crippen molar-refractivity contribution in [2.45, 2.75) is 36.5 Å². The first-order valence-corrected chi connectivity index (χ1v) is 11.9. The van der Waals surface area contributed by atoms with Crippen molar-refractivity contribution in [3.8, 4) is 0 Å². The quantitative estimate of drug-likeness (QED) is 0.470. The highest BCUT2D eigenvalue weighted by atomic mass is 35.5. The van der Waals surface area contributed by atoms with Gasteiger partial charge in [-0.1, -0.05) is 49.5 Å². The van der Waals surface area contributed by atoms with Gasteiger partial charge in [-0.2, -0.15) is 0 Å². The van der Waals surface area contributed by atoms with E-state index in [1.165, 1.54) is 0 Å². The molecular formula is C14H21ClO2SSi. The second kappa shape index (κ2) is 6.24. The highest BCUT2D eigenvalue weighted by Crippen LogP contribution is 2.16. The summed E-state index contributed by atoms with van der Waals surface area (Å²) < 4.78 is 24.2. The van der Waals surface area contributed by atoms with E-state index in [0.717, 1.165) is 5.56 Å². The third-order valence-electron chi connectivity index (χ3n) is 2.83. The minimum atomic E-state index is -3.25. The Hall–Kier alpha value is -0.583. The summed E-state index contributed by atoms with van der Waals surface area (Å²) >= 11 is 6.23. The van der Waals surface area contributed by atoms with Crippen LogP contribution >= 0.6 is 11.6 Å². The molecule has 0 bridgehead atoms. The molecular weight excluding hydrogens is 296 g/mol. The minimum absolute atomic E-state index is 0.00373. The Kier molecular flexibility index (Phi) is 5.41. The average molecular weight is 317 g/mol. The summed E-state index contributed by atoms with van der Waals surface area (Å²) in [6.45, 7) is 8.40. The number of benzene rings is 1. The van der Waals surface area contributed by atoms with Crippen LogP contribution in [0.2, 0.25) is 19.6 Å². The molecule has 0 amide bonds. The van der Waals surface area contributed by atoms with Gasteiger partial charge >= 0.3 is 0 Å². The van der Waals surface area contributed by atoms with Gasteiger partial charge in [-0.15, -0.1) is 11.6 Å². The molecule has 0 saturated heterocycles. The fourth-order valence-electron chi connectivity index (χ4n) is 1.43. The first-order valence-electron chi connectivity index (χ1n) is 6.23. The molecule has 0 saturated carbocycles. The predicted octanol–water partition coefficient (Wildman–Crippen LogP) is 3.81. The van der Waals surface area contributed by atoms with Crippen LogP contribution in [0.1, 0.15) is 5.56 Å². The summed E-state index contributed by atoms with van der Waals surface area (Å²) in [6, 6.07) is 6.91. The van der Waals surface area contributed by atoms with Crippen molar-refractivity contribution in [3.63, 3.8) is 0 Å². The van der Waals surface area contributed by atoms with E-state index in [0.29, 0.717) is 4.90 Å². The van der Waals surface area contributed by atoms with E-state index in [4.69, 9.17) is 11.6 Å². The Bertz CT molecular complexity index is 542. The van der Waals surface area contributed by atoms with Gasteiger partial charge in [0.2, 0.25) is 0 Å². The lowest BCUT2D eigenvalue weighted by Crippen LogP contribution is -2.32. The number of hydrogen-bond acceptors (Lipinski definition) is 2. The Labute approximate surface area is 122 Å². The largest absolute Gasteiger partial charge is 0.223 e. The van der Waals surface area contributed by atoms with Crippen LogP contribution < -0.4 is 0 Å². The Morgan fingerprint density at radius 1 is 1.21 bits per heavy atom. The van der Waals surface area contributed by atoms with Crippen LogP contribution in [0.4, 0.5) is 0 Å². The second-order valence-electron chi connectivity index (χ2n) is 5.79. The van der Waals surface area contributed by atoms with Crippen LogP contribution in [-0.2, 0) is 9.84 Å². The van der Waals surface area contributed by atoms with Crippen LogP contribution in [0.5, 0.6) is 0 Å². The number of sulfone groups is 1. The first kappa shape index (κ1) is 16.5.